The Morgan fingerprint density at radius 2 is 2.05 bits per heavy atom. The predicted molar refractivity (Wildman–Crippen MR) is 85.6 cm³/mol. The molecule has 0 aliphatic rings. The summed E-state index contributed by atoms with van der Waals surface area (Å²) in [4.78, 5) is 11.9. The fraction of sp³-hybridized carbons (Fsp3) is 0.733. The van der Waals surface area contributed by atoms with E-state index in [1.165, 1.54) is 23.9 Å². The van der Waals surface area contributed by atoms with Gasteiger partial charge in [0.05, 0.1) is 11.9 Å². The molecule has 0 spiro atoms. The van der Waals surface area contributed by atoms with Crippen molar-refractivity contribution in [3.8, 4) is 0 Å². The molecule has 0 fully saturated rings. The van der Waals surface area contributed by atoms with Gasteiger partial charge in [-0.2, -0.15) is 5.10 Å². The lowest BCUT2D eigenvalue weighted by Crippen LogP contribution is -2.27. The number of hydrogen-bond donors (Lipinski definition) is 1. The van der Waals surface area contributed by atoms with Crippen molar-refractivity contribution < 1.29 is 0 Å². The lowest BCUT2D eigenvalue weighted by molar-refractivity contribution is 0.342. The van der Waals surface area contributed by atoms with E-state index in [1.54, 1.807) is 6.20 Å². The highest BCUT2D eigenvalue weighted by Gasteiger charge is 2.18. The summed E-state index contributed by atoms with van der Waals surface area (Å²) in [6.07, 6.45) is 6.52. The van der Waals surface area contributed by atoms with Gasteiger partial charge in [-0.25, -0.2) is 4.68 Å². The second-order valence-electron chi connectivity index (χ2n) is 5.97. The van der Waals surface area contributed by atoms with E-state index >= 15 is 0 Å². The Morgan fingerprint density at radius 1 is 1.35 bits per heavy atom. The van der Waals surface area contributed by atoms with Crippen LogP contribution in [0.5, 0.6) is 0 Å². The molecule has 0 amide bonds. The summed E-state index contributed by atoms with van der Waals surface area (Å²) in [6.45, 7) is 9.84. The van der Waals surface area contributed by atoms with Gasteiger partial charge in [0.2, 0.25) is 0 Å². The average Bonchev–Trinajstić information content (AvgIpc) is 2.41. The van der Waals surface area contributed by atoms with Crippen molar-refractivity contribution in [1.82, 2.24) is 9.78 Å². The first kappa shape index (κ1) is 17.0. The first-order valence-corrected chi connectivity index (χ1v) is 7.78. The van der Waals surface area contributed by atoms with Crippen molar-refractivity contribution in [2.45, 2.75) is 59.9 Å². The molecule has 0 aliphatic heterocycles. The summed E-state index contributed by atoms with van der Waals surface area (Å²) >= 11 is 6.10. The standard InChI is InChI=1S/C15H26ClN3O/c1-5-7-8-9-15(3,4)11-17-12-10-18-19(6-2)14(20)13(12)16/h10,17H,5-9,11H2,1-4H3. The van der Waals surface area contributed by atoms with Gasteiger partial charge in [-0.05, 0) is 18.8 Å². The van der Waals surface area contributed by atoms with Crippen LogP contribution in [-0.2, 0) is 6.54 Å². The van der Waals surface area contributed by atoms with E-state index in [0.717, 1.165) is 13.0 Å². The Labute approximate surface area is 126 Å². The zero-order valence-electron chi connectivity index (χ0n) is 13.0. The smallest absolute Gasteiger partial charge is 0.287 e. The Kier molecular flexibility index (Phi) is 6.53. The van der Waals surface area contributed by atoms with E-state index in [9.17, 15) is 4.79 Å². The number of rotatable bonds is 8. The molecule has 114 valence electrons. The maximum Gasteiger partial charge on any atom is 0.287 e. The van der Waals surface area contributed by atoms with E-state index in [-0.39, 0.29) is 16.0 Å². The Balaban J connectivity index is 2.66. The SMILES string of the molecule is CCCCCC(C)(C)CNc1cnn(CC)c(=O)c1Cl. The molecule has 0 saturated heterocycles. The predicted octanol–water partition coefficient (Wildman–Crippen LogP) is 3.94. The minimum absolute atomic E-state index is 0.179. The van der Waals surface area contributed by atoms with Crippen LogP contribution in [0, 0.1) is 5.41 Å². The van der Waals surface area contributed by atoms with Crippen LogP contribution in [0.15, 0.2) is 11.0 Å². The monoisotopic (exact) mass is 299 g/mol. The van der Waals surface area contributed by atoms with Crippen molar-refractivity contribution in [2.24, 2.45) is 5.41 Å². The summed E-state index contributed by atoms with van der Waals surface area (Å²) in [5, 5.41) is 7.58. The largest absolute Gasteiger partial charge is 0.382 e. The lowest BCUT2D eigenvalue weighted by Gasteiger charge is -2.25. The minimum atomic E-state index is -0.233. The molecule has 0 radical (unpaired) electrons. The molecule has 0 bridgehead atoms. The second kappa shape index (κ2) is 7.67. The summed E-state index contributed by atoms with van der Waals surface area (Å²) in [5.41, 5.74) is 0.575. The number of aromatic nitrogens is 2. The van der Waals surface area contributed by atoms with Gasteiger partial charge in [0.25, 0.3) is 5.56 Å². The molecule has 1 rings (SSSR count). The average molecular weight is 300 g/mol. The number of halogens is 1. The fourth-order valence-electron chi connectivity index (χ4n) is 2.09. The van der Waals surface area contributed by atoms with Gasteiger partial charge >= 0.3 is 0 Å². The van der Waals surface area contributed by atoms with E-state index in [0.29, 0.717) is 12.2 Å². The highest BCUT2D eigenvalue weighted by atomic mass is 35.5. The maximum absolute atomic E-state index is 11.9. The van der Waals surface area contributed by atoms with Gasteiger partial charge in [-0.1, -0.05) is 51.6 Å². The first-order valence-electron chi connectivity index (χ1n) is 7.40. The second-order valence-corrected chi connectivity index (χ2v) is 6.35. The first-order chi connectivity index (χ1) is 9.41. The number of aryl methyl sites for hydroxylation is 1. The number of nitrogens with one attached hydrogen (secondary N) is 1. The van der Waals surface area contributed by atoms with Crippen molar-refractivity contribution in [3.63, 3.8) is 0 Å². The van der Waals surface area contributed by atoms with Crippen LogP contribution in [0.25, 0.3) is 0 Å². The molecule has 0 aliphatic carbocycles. The topological polar surface area (TPSA) is 46.9 Å². The molecule has 1 heterocycles. The van der Waals surface area contributed by atoms with Gasteiger partial charge in [0.1, 0.15) is 5.02 Å². The van der Waals surface area contributed by atoms with Crippen molar-refractivity contribution in [2.75, 3.05) is 11.9 Å². The molecule has 1 aromatic rings. The summed E-state index contributed by atoms with van der Waals surface area (Å²) in [6, 6.07) is 0. The van der Waals surface area contributed by atoms with E-state index in [1.807, 2.05) is 6.92 Å². The van der Waals surface area contributed by atoms with Crippen LogP contribution in [0.3, 0.4) is 0 Å². The molecule has 20 heavy (non-hydrogen) atoms. The molecule has 0 unspecified atom stereocenters. The van der Waals surface area contributed by atoms with Gasteiger partial charge < -0.3 is 5.32 Å². The van der Waals surface area contributed by atoms with E-state index < -0.39 is 0 Å². The number of hydrogen-bond acceptors (Lipinski definition) is 3. The van der Waals surface area contributed by atoms with Gasteiger partial charge in [0, 0.05) is 13.1 Å². The highest BCUT2D eigenvalue weighted by Crippen LogP contribution is 2.25. The third kappa shape index (κ3) is 4.82. The van der Waals surface area contributed by atoms with Crippen molar-refractivity contribution in [1.29, 1.82) is 0 Å². The highest BCUT2D eigenvalue weighted by molar-refractivity contribution is 6.32. The zero-order valence-corrected chi connectivity index (χ0v) is 13.8. The van der Waals surface area contributed by atoms with Crippen LogP contribution in [0.4, 0.5) is 5.69 Å². The molecule has 5 heteroatoms. The lowest BCUT2D eigenvalue weighted by atomic mass is 9.87. The normalized spacial score (nSPS) is 11.7. The minimum Gasteiger partial charge on any atom is -0.382 e. The molecule has 0 aromatic carbocycles. The molecule has 1 N–H and O–H groups in total. The Bertz CT molecular complexity index is 482. The van der Waals surface area contributed by atoms with Crippen molar-refractivity contribution >= 4 is 17.3 Å². The quantitative estimate of drug-likeness (QED) is 0.740. The number of unbranched alkanes of at least 4 members (excludes halogenated alkanes) is 2. The molecular formula is C15H26ClN3O. The fourth-order valence-corrected chi connectivity index (χ4v) is 2.30. The third-order valence-electron chi connectivity index (χ3n) is 3.50. The zero-order chi connectivity index (χ0) is 15.2. The van der Waals surface area contributed by atoms with Crippen LogP contribution in [-0.4, -0.2) is 16.3 Å². The Hall–Kier alpha value is -1.03. The van der Waals surface area contributed by atoms with Crippen LogP contribution in [0.2, 0.25) is 5.02 Å². The molecule has 0 saturated carbocycles. The number of anilines is 1. The summed E-state index contributed by atoms with van der Waals surface area (Å²) in [7, 11) is 0. The van der Waals surface area contributed by atoms with Gasteiger partial charge in [-0.15, -0.1) is 0 Å². The number of nitrogens with zero attached hydrogens (tertiary/aromatic N) is 2. The van der Waals surface area contributed by atoms with Gasteiger partial charge in [-0.3, -0.25) is 4.79 Å². The Morgan fingerprint density at radius 3 is 2.65 bits per heavy atom. The van der Waals surface area contributed by atoms with Gasteiger partial charge in [0.15, 0.2) is 0 Å². The van der Waals surface area contributed by atoms with Crippen LogP contribution >= 0.6 is 11.6 Å². The molecule has 1 aromatic heterocycles. The third-order valence-corrected chi connectivity index (χ3v) is 3.86. The van der Waals surface area contributed by atoms with E-state index in [2.05, 4.69) is 31.2 Å². The summed E-state index contributed by atoms with van der Waals surface area (Å²) < 4.78 is 1.36. The molecule has 0 atom stereocenters. The van der Waals surface area contributed by atoms with Crippen LogP contribution < -0.4 is 10.9 Å². The maximum atomic E-state index is 11.9. The van der Waals surface area contributed by atoms with Crippen LogP contribution in [0.1, 0.15) is 53.4 Å². The van der Waals surface area contributed by atoms with Crippen molar-refractivity contribution in [3.05, 3.63) is 21.6 Å². The summed E-state index contributed by atoms with van der Waals surface area (Å²) in [5.74, 6) is 0. The van der Waals surface area contributed by atoms with E-state index in [4.69, 9.17) is 11.6 Å². The molecular weight excluding hydrogens is 274 g/mol. The molecule has 4 nitrogen and oxygen atoms in total.